The summed E-state index contributed by atoms with van der Waals surface area (Å²) >= 11 is 1.39. The number of rotatable bonds is 9. The number of carbonyl (C=O) groups is 1. The third kappa shape index (κ3) is 6.93. The van der Waals surface area contributed by atoms with E-state index < -0.39 is 0 Å². The lowest BCUT2D eigenvalue weighted by Crippen LogP contribution is -2.07. The Morgan fingerprint density at radius 2 is 2.28 bits per heavy atom. The van der Waals surface area contributed by atoms with E-state index in [4.69, 9.17) is 9.47 Å². The summed E-state index contributed by atoms with van der Waals surface area (Å²) in [5, 5.41) is 6.62. The molecule has 6 nitrogen and oxygen atoms in total. The fourth-order valence-electron chi connectivity index (χ4n) is 1.91. The van der Waals surface area contributed by atoms with E-state index in [9.17, 15) is 4.79 Å². The first-order valence-corrected chi connectivity index (χ1v) is 9.06. The van der Waals surface area contributed by atoms with Gasteiger partial charge in [0.25, 0.3) is 0 Å². The van der Waals surface area contributed by atoms with Crippen LogP contribution in [0.3, 0.4) is 0 Å². The third-order valence-corrected chi connectivity index (χ3v) is 3.79. The number of nitrogens with zero attached hydrogens (tertiary/aromatic N) is 2. The highest BCUT2D eigenvalue weighted by Crippen LogP contribution is 2.16. The van der Waals surface area contributed by atoms with Gasteiger partial charge in [0, 0.05) is 5.38 Å². The number of aromatic nitrogens is 1. The maximum absolute atomic E-state index is 11.4. The topological polar surface area (TPSA) is 72.8 Å². The van der Waals surface area contributed by atoms with Gasteiger partial charge in [0.1, 0.15) is 5.75 Å². The molecule has 0 fully saturated rings. The van der Waals surface area contributed by atoms with Crippen LogP contribution in [0.25, 0.3) is 0 Å². The summed E-state index contributed by atoms with van der Waals surface area (Å²) in [7, 11) is 0. The Balaban J connectivity index is 1.87. The van der Waals surface area contributed by atoms with Crippen molar-refractivity contribution in [1.82, 2.24) is 4.98 Å². The van der Waals surface area contributed by atoms with Gasteiger partial charge in [0.2, 0.25) is 5.13 Å². The SMILES string of the molecule is CCOC(=O)Cc1csc(N/N=C\c2cccc(OCC(C)C)c2)n1. The number of hydrogen-bond acceptors (Lipinski definition) is 7. The number of anilines is 1. The van der Waals surface area contributed by atoms with Crippen molar-refractivity contribution in [3.05, 3.63) is 40.9 Å². The molecule has 134 valence electrons. The molecule has 0 radical (unpaired) electrons. The molecule has 1 heterocycles. The molecule has 2 aromatic rings. The molecule has 0 aliphatic heterocycles. The number of nitrogens with one attached hydrogen (secondary N) is 1. The molecule has 7 heteroatoms. The van der Waals surface area contributed by atoms with Crippen LogP contribution in [0.1, 0.15) is 32.0 Å². The first kappa shape index (κ1) is 18.9. The molecule has 1 aromatic carbocycles. The van der Waals surface area contributed by atoms with E-state index in [0.717, 1.165) is 11.3 Å². The standard InChI is InChI=1S/C18H23N3O3S/c1-4-23-17(22)9-15-12-25-18(20-15)21-19-10-14-6-5-7-16(8-14)24-11-13(2)3/h5-8,10,12-13H,4,9,11H2,1-3H3,(H,20,21)/b19-10-. The summed E-state index contributed by atoms with van der Waals surface area (Å²) in [6, 6.07) is 7.73. The largest absolute Gasteiger partial charge is 0.493 e. The quantitative estimate of drug-likeness (QED) is 0.418. The maximum atomic E-state index is 11.4. The molecule has 0 saturated carbocycles. The molecule has 0 bridgehead atoms. The monoisotopic (exact) mass is 361 g/mol. The molecular weight excluding hydrogens is 338 g/mol. The number of hydrazone groups is 1. The highest BCUT2D eigenvalue weighted by molar-refractivity contribution is 7.13. The van der Waals surface area contributed by atoms with Crippen LogP contribution in [0.2, 0.25) is 0 Å². The second kappa shape index (κ2) is 9.78. The molecule has 1 N–H and O–H groups in total. The smallest absolute Gasteiger partial charge is 0.311 e. The molecule has 0 aliphatic carbocycles. The van der Waals surface area contributed by atoms with Crippen molar-refractivity contribution in [3.63, 3.8) is 0 Å². The van der Waals surface area contributed by atoms with E-state index in [-0.39, 0.29) is 12.4 Å². The average Bonchev–Trinajstić information content (AvgIpc) is 3.01. The molecule has 0 unspecified atom stereocenters. The first-order chi connectivity index (χ1) is 12.1. The van der Waals surface area contributed by atoms with Crippen LogP contribution in [0, 0.1) is 5.92 Å². The van der Waals surface area contributed by atoms with E-state index in [1.165, 1.54) is 11.3 Å². The first-order valence-electron chi connectivity index (χ1n) is 8.18. The van der Waals surface area contributed by atoms with Crippen LogP contribution in [0.4, 0.5) is 5.13 Å². The molecule has 1 aromatic heterocycles. The predicted octanol–water partition coefficient (Wildman–Crippen LogP) is 3.73. The molecule has 0 amide bonds. The maximum Gasteiger partial charge on any atom is 0.311 e. The second-order valence-electron chi connectivity index (χ2n) is 5.77. The van der Waals surface area contributed by atoms with Crippen LogP contribution in [-0.4, -0.2) is 30.4 Å². The summed E-state index contributed by atoms with van der Waals surface area (Å²) in [4.78, 5) is 15.7. The number of carbonyl (C=O) groups excluding carboxylic acids is 1. The van der Waals surface area contributed by atoms with Gasteiger partial charge in [-0.3, -0.25) is 10.2 Å². The lowest BCUT2D eigenvalue weighted by atomic mass is 10.2. The molecule has 0 aliphatic rings. The van der Waals surface area contributed by atoms with Crippen molar-refractivity contribution >= 4 is 28.7 Å². The molecule has 0 atom stereocenters. The Hall–Kier alpha value is -2.41. The minimum atomic E-state index is -0.277. The number of ether oxygens (including phenoxy) is 2. The molecule has 2 rings (SSSR count). The van der Waals surface area contributed by atoms with Crippen molar-refractivity contribution in [2.24, 2.45) is 11.0 Å². The Morgan fingerprint density at radius 1 is 1.44 bits per heavy atom. The molecular formula is C18H23N3O3S. The zero-order valence-electron chi connectivity index (χ0n) is 14.7. The lowest BCUT2D eigenvalue weighted by Gasteiger charge is -2.08. The van der Waals surface area contributed by atoms with Gasteiger partial charge in [0.05, 0.1) is 31.5 Å². The Labute approximate surface area is 151 Å². The predicted molar refractivity (Wildman–Crippen MR) is 100 cm³/mol. The second-order valence-corrected chi connectivity index (χ2v) is 6.63. The number of benzene rings is 1. The van der Waals surface area contributed by atoms with Crippen molar-refractivity contribution in [2.45, 2.75) is 27.2 Å². The lowest BCUT2D eigenvalue weighted by molar-refractivity contribution is -0.142. The molecule has 0 spiro atoms. The number of esters is 1. The van der Waals surface area contributed by atoms with E-state index >= 15 is 0 Å². The zero-order valence-corrected chi connectivity index (χ0v) is 15.5. The van der Waals surface area contributed by atoms with E-state index in [2.05, 4.69) is 29.4 Å². The van der Waals surface area contributed by atoms with Crippen molar-refractivity contribution in [2.75, 3.05) is 18.6 Å². The average molecular weight is 361 g/mol. The number of thiazole rings is 1. The van der Waals surface area contributed by atoms with Crippen molar-refractivity contribution in [3.8, 4) is 5.75 Å². The highest BCUT2D eigenvalue weighted by Gasteiger charge is 2.07. The van der Waals surface area contributed by atoms with E-state index in [1.54, 1.807) is 13.1 Å². The van der Waals surface area contributed by atoms with Gasteiger partial charge in [-0.2, -0.15) is 5.10 Å². The van der Waals surface area contributed by atoms with Crippen LogP contribution < -0.4 is 10.2 Å². The highest BCUT2D eigenvalue weighted by atomic mass is 32.1. The Morgan fingerprint density at radius 3 is 3.04 bits per heavy atom. The van der Waals surface area contributed by atoms with Crippen LogP contribution in [-0.2, 0) is 16.0 Å². The van der Waals surface area contributed by atoms with Gasteiger partial charge in [-0.05, 0) is 30.5 Å². The molecule has 0 saturated heterocycles. The summed E-state index contributed by atoms with van der Waals surface area (Å²) in [5.41, 5.74) is 4.47. The van der Waals surface area contributed by atoms with Crippen LogP contribution >= 0.6 is 11.3 Å². The summed E-state index contributed by atoms with van der Waals surface area (Å²) in [6.07, 6.45) is 1.87. The van der Waals surface area contributed by atoms with Gasteiger partial charge in [-0.25, -0.2) is 4.98 Å². The fraction of sp³-hybridized carbons (Fsp3) is 0.389. The van der Waals surface area contributed by atoms with Gasteiger partial charge < -0.3 is 9.47 Å². The van der Waals surface area contributed by atoms with E-state index in [1.807, 2.05) is 29.6 Å². The number of hydrogen-bond donors (Lipinski definition) is 1. The fourth-order valence-corrected chi connectivity index (χ4v) is 2.57. The minimum Gasteiger partial charge on any atom is -0.493 e. The van der Waals surface area contributed by atoms with Gasteiger partial charge in [0.15, 0.2) is 0 Å². The van der Waals surface area contributed by atoms with Crippen molar-refractivity contribution in [1.29, 1.82) is 0 Å². The van der Waals surface area contributed by atoms with Gasteiger partial charge >= 0.3 is 5.97 Å². The van der Waals surface area contributed by atoms with E-state index in [0.29, 0.717) is 30.0 Å². The normalized spacial score (nSPS) is 11.0. The molecule has 25 heavy (non-hydrogen) atoms. The summed E-state index contributed by atoms with van der Waals surface area (Å²) in [6.45, 7) is 7.06. The minimum absolute atomic E-state index is 0.172. The third-order valence-electron chi connectivity index (χ3n) is 3.00. The zero-order chi connectivity index (χ0) is 18.1. The van der Waals surface area contributed by atoms with Crippen LogP contribution in [0.15, 0.2) is 34.7 Å². The Bertz CT molecular complexity index is 713. The van der Waals surface area contributed by atoms with Crippen LogP contribution in [0.5, 0.6) is 5.75 Å². The summed E-state index contributed by atoms with van der Waals surface area (Å²) in [5.74, 6) is 1.03. The Kier molecular flexibility index (Phi) is 7.40. The van der Waals surface area contributed by atoms with Gasteiger partial charge in [-0.1, -0.05) is 26.0 Å². The van der Waals surface area contributed by atoms with Crippen molar-refractivity contribution < 1.29 is 14.3 Å². The summed E-state index contributed by atoms with van der Waals surface area (Å²) < 4.78 is 10.6. The van der Waals surface area contributed by atoms with Gasteiger partial charge in [-0.15, -0.1) is 11.3 Å².